The number of ether oxygens (including phenoxy) is 1. The van der Waals surface area contributed by atoms with E-state index >= 15 is 0 Å². The van der Waals surface area contributed by atoms with E-state index in [1.807, 2.05) is 11.9 Å². The third-order valence-electron chi connectivity index (χ3n) is 3.19. The van der Waals surface area contributed by atoms with E-state index in [0.717, 1.165) is 0 Å². The molecule has 1 rings (SSSR count). The van der Waals surface area contributed by atoms with Gasteiger partial charge in [-0.2, -0.15) is 0 Å². The third-order valence-corrected chi connectivity index (χ3v) is 3.19. The zero-order chi connectivity index (χ0) is 12.2. The molecular formula is C11H19NO4. The van der Waals surface area contributed by atoms with E-state index in [4.69, 9.17) is 4.74 Å². The highest BCUT2D eigenvalue weighted by molar-refractivity contribution is 5.81. The van der Waals surface area contributed by atoms with Gasteiger partial charge in [0.2, 0.25) is 0 Å². The molecule has 0 spiro atoms. The lowest BCUT2D eigenvalue weighted by Crippen LogP contribution is -2.54. The van der Waals surface area contributed by atoms with Crippen molar-refractivity contribution >= 4 is 12.3 Å². The van der Waals surface area contributed by atoms with Crippen molar-refractivity contribution < 1.29 is 19.4 Å². The smallest absolute Gasteiger partial charge is 0.315 e. The molecule has 5 nitrogen and oxygen atoms in total. The number of nitrogens with zero attached hydrogens (tertiary/aromatic N) is 1. The molecule has 92 valence electrons. The monoisotopic (exact) mass is 229 g/mol. The van der Waals surface area contributed by atoms with E-state index in [9.17, 15) is 14.7 Å². The van der Waals surface area contributed by atoms with Crippen LogP contribution < -0.4 is 0 Å². The van der Waals surface area contributed by atoms with Gasteiger partial charge in [-0.05, 0) is 26.9 Å². The van der Waals surface area contributed by atoms with Crippen LogP contribution in [0.1, 0.15) is 19.8 Å². The van der Waals surface area contributed by atoms with Gasteiger partial charge < -0.3 is 19.5 Å². The molecule has 1 N–H and O–H groups in total. The molecule has 0 amide bonds. The fourth-order valence-corrected chi connectivity index (χ4v) is 2.10. The summed E-state index contributed by atoms with van der Waals surface area (Å²) in [7, 11) is 1.87. The zero-order valence-corrected chi connectivity index (χ0v) is 9.81. The fourth-order valence-electron chi connectivity index (χ4n) is 2.10. The van der Waals surface area contributed by atoms with Gasteiger partial charge in [-0.15, -0.1) is 0 Å². The maximum absolute atomic E-state index is 11.9. The first-order valence-electron chi connectivity index (χ1n) is 5.54. The molecule has 0 aromatic carbocycles. The van der Waals surface area contributed by atoms with Crippen LogP contribution in [0.2, 0.25) is 0 Å². The minimum Gasteiger partial charge on any atom is -0.465 e. The summed E-state index contributed by atoms with van der Waals surface area (Å²) in [6.45, 7) is 3.06. The molecule has 0 bridgehead atoms. The summed E-state index contributed by atoms with van der Waals surface area (Å²) in [5.74, 6) is -0.456. The summed E-state index contributed by atoms with van der Waals surface area (Å²) in [4.78, 5) is 24.5. The van der Waals surface area contributed by atoms with Gasteiger partial charge in [0.15, 0.2) is 0 Å². The van der Waals surface area contributed by atoms with Crippen molar-refractivity contribution in [2.24, 2.45) is 5.41 Å². The highest BCUT2D eigenvalue weighted by atomic mass is 16.5. The summed E-state index contributed by atoms with van der Waals surface area (Å²) in [6, 6.07) is 0. The predicted molar refractivity (Wildman–Crippen MR) is 57.9 cm³/mol. The van der Waals surface area contributed by atoms with E-state index in [1.54, 1.807) is 6.92 Å². The van der Waals surface area contributed by atoms with Gasteiger partial charge in [0.25, 0.3) is 0 Å². The Hall–Kier alpha value is -0.940. The average molecular weight is 229 g/mol. The number of carbonyl (C=O) groups excluding carboxylic acids is 2. The standard InChI is InChI=1S/C11H19NO4/c1-3-16-10(15)11(5-7-13)4-6-12(2)8-9(11)14/h7,9,14H,3-6,8H2,1-2H3. The summed E-state index contributed by atoms with van der Waals surface area (Å²) in [5.41, 5.74) is -1.04. The molecule has 1 aliphatic heterocycles. The summed E-state index contributed by atoms with van der Waals surface area (Å²) < 4.78 is 4.97. The SMILES string of the molecule is CCOC(=O)C1(CC=O)CCN(C)CC1O. The van der Waals surface area contributed by atoms with E-state index < -0.39 is 17.5 Å². The Kier molecular flexibility index (Phi) is 4.44. The Labute approximate surface area is 95.4 Å². The number of likely N-dealkylation sites (N-methyl/N-ethyl adjacent to an activating group) is 1. The molecule has 1 fully saturated rings. The number of aliphatic hydroxyl groups excluding tert-OH is 1. The Morgan fingerprint density at radius 3 is 2.88 bits per heavy atom. The number of hydrogen-bond donors (Lipinski definition) is 1. The zero-order valence-electron chi connectivity index (χ0n) is 9.81. The second-order valence-electron chi connectivity index (χ2n) is 4.28. The number of carbonyl (C=O) groups is 2. The summed E-state index contributed by atoms with van der Waals surface area (Å²) in [6.07, 6.45) is 0.338. The second kappa shape index (κ2) is 5.41. The molecule has 2 atom stereocenters. The topological polar surface area (TPSA) is 66.8 Å². The fraction of sp³-hybridized carbons (Fsp3) is 0.818. The van der Waals surface area contributed by atoms with Crippen molar-refractivity contribution in [2.45, 2.75) is 25.9 Å². The van der Waals surface area contributed by atoms with Gasteiger partial charge in [0, 0.05) is 13.0 Å². The molecule has 0 aliphatic carbocycles. The van der Waals surface area contributed by atoms with Gasteiger partial charge in [-0.1, -0.05) is 0 Å². The van der Waals surface area contributed by atoms with Crippen molar-refractivity contribution in [3.05, 3.63) is 0 Å². The number of piperidine rings is 1. The van der Waals surface area contributed by atoms with Crippen LogP contribution in [-0.4, -0.2) is 55.1 Å². The summed E-state index contributed by atoms with van der Waals surface area (Å²) in [5, 5.41) is 10.0. The first-order valence-corrected chi connectivity index (χ1v) is 5.54. The van der Waals surface area contributed by atoms with Gasteiger partial charge in [0.1, 0.15) is 11.7 Å². The lowest BCUT2D eigenvalue weighted by atomic mass is 9.74. The Morgan fingerprint density at radius 2 is 2.38 bits per heavy atom. The van der Waals surface area contributed by atoms with Crippen LogP contribution in [-0.2, 0) is 14.3 Å². The number of aliphatic hydroxyl groups is 1. The normalized spacial score (nSPS) is 31.1. The van der Waals surface area contributed by atoms with Crippen LogP contribution in [0, 0.1) is 5.41 Å². The Bertz CT molecular complexity index is 269. The molecule has 16 heavy (non-hydrogen) atoms. The number of β-amino-alcohol motifs (C(OH)–C–C–N with tert-alkyl or cyclic N) is 1. The van der Waals surface area contributed by atoms with Gasteiger partial charge in [-0.25, -0.2) is 0 Å². The molecule has 1 heterocycles. The van der Waals surface area contributed by atoms with Crippen LogP contribution in [0.25, 0.3) is 0 Å². The van der Waals surface area contributed by atoms with Crippen molar-refractivity contribution in [1.29, 1.82) is 0 Å². The quantitative estimate of drug-likeness (QED) is 0.535. The van der Waals surface area contributed by atoms with Crippen LogP contribution in [0.15, 0.2) is 0 Å². The highest BCUT2D eigenvalue weighted by Gasteiger charge is 2.48. The molecule has 1 saturated heterocycles. The number of hydrogen-bond acceptors (Lipinski definition) is 5. The molecule has 0 aromatic rings. The van der Waals surface area contributed by atoms with Crippen molar-refractivity contribution in [3.63, 3.8) is 0 Å². The maximum Gasteiger partial charge on any atom is 0.315 e. The molecule has 5 heteroatoms. The van der Waals surface area contributed by atoms with Gasteiger partial charge in [-0.3, -0.25) is 4.79 Å². The summed E-state index contributed by atoms with van der Waals surface area (Å²) >= 11 is 0. The van der Waals surface area contributed by atoms with Crippen molar-refractivity contribution in [1.82, 2.24) is 4.90 Å². The molecule has 1 aliphatic rings. The van der Waals surface area contributed by atoms with Crippen molar-refractivity contribution in [2.75, 3.05) is 26.7 Å². The maximum atomic E-state index is 11.9. The third kappa shape index (κ3) is 2.41. The van der Waals surface area contributed by atoms with Crippen molar-refractivity contribution in [3.8, 4) is 0 Å². The first-order chi connectivity index (χ1) is 7.56. The van der Waals surface area contributed by atoms with Crippen LogP contribution >= 0.6 is 0 Å². The lowest BCUT2D eigenvalue weighted by Gasteiger charge is -2.41. The van der Waals surface area contributed by atoms with E-state index in [-0.39, 0.29) is 13.0 Å². The predicted octanol–water partition coefficient (Wildman–Crippen LogP) is -0.179. The van der Waals surface area contributed by atoms with E-state index in [0.29, 0.717) is 25.8 Å². The van der Waals surface area contributed by atoms with Gasteiger partial charge >= 0.3 is 5.97 Å². The number of aldehydes is 1. The number of likely N-dealkylation sites (tertiary alicyclic amines) is 1. The van der Waals surface area contributed by atoms with Crippen LogP contribution in [0.5, 0.6) is 0 Å². The lowest BCUT2D eigenvalue weighted by molar-refractivity contribution is -0.170. The molecule has 0 aromatic heterocycles. The first kappa shape index (κ1) is 13.1. The highest BCUT2D eigenvalue weighted by Crippen LogP contribution is 2.35. The van der Waals surface area contributed by atoms with Crippen LogP contribution in [0.4, 0.5) is 0 Å². The minimum atomic E-state index is -1.04. The number of rotatable bonds is 4. The van der Waals surface area contributed by atoms with E-state index in [2.05, 4.69) is 0 Å². The Morgan fingerprint density at radius 1 is 1.69 bits per heavy atom. The minimum absolute atomic E-state index is 0.0286. The number of esters is 1. The van der Waals surface area contributed by atoms with E-state index in [1.165, 1.54) is 0 Å². The van der Waals surface area contributed by atoms with Crippen LogP contribution in [0.3, 0.4) is 0 Å². The molecular weight excluding hydrogens is 210 g/mol. The largest absolute Gasteiger partial charge is 0.465 e. The molecule has 2 unspecified atom stereocenters. The average Bonchev–Trinajstić information content (AvgIpc) is 2.23. The Balaban J connectivity index is 2.86. The second-order valence-corrected chi connectivity index (χ2v) is 4.28. The molecule has 0 saturated carbocycles. The van der Waals surface area contributed by atoms with Gasteiger partial charge in [0.05, 0.1) is 12.7 Å². The molecule has 0 radical (unpaired) electrons.